The normalized spacial score (nSPS) is 12.0. The van der Waals surface area contributed by atoms with Gasteiger partial charge in [-0.1, -0.05) is 77.3 Å². The average molecular weight is 635 g/mol. The highest BCUT2D eigenvalue weighted by atomic mass is 79.9. The number of hydrogen-bond donors (Lipinski definition) is 1. The van der Waals surface area contributed by atoms with E-state index >= 15 is 0 Å². The first-order chi connectivity index (χ1) is 18.5. The number of amides is 2. The lowest BCUT2D eigenvalue weighted by Gasteiger charge is -2.32. The Kier molecular flexibility index (Phi) is 11.0. The van der Waals surface area contributed by atoms with Crippen LogP contribution in [-0.4, -0.2) is 44.3 Å². The van der Waals surface area contributed by atoms with Crippen molar-refractivity contribution in [3.8, 4) is 0 Å². The van der Waals surface area contributed by atoms with Crippen LogP contribution in [0.4, 0.5) is 5.69 Å². The highest BCUT2D eigenvalue weighted by molar-refractivity contribution is 9.10. The van der Waals surface area contributed by atoms with E-state index in [0.29, 0.717) is 11.6 Å². The fourth-order valence-corrected chi connectivity index (χ4v) is 5.76. The van der Waals surface area contributed by atoms with E-state index in [2.05, 4.69) is 21.2 Å². The number of carbonyl (C=O) groups excluding carboxylic acids is 2. The number of carbonyl (C=O) groups is 2. The molecule has 0 bridgehead atoms. The van der Waals surface area contributed by atoms with E-state index < -0.39 is 28.5 Å². The molecule has 2 amide bonds. The minimum absolute atomic E-state index is 0.0410. The van der Waals surface area contributed by atoms with Gasteiger partial charge >= 0.3 is 0 Å². The molecule has 0 unspecified atom stereocenters. The lowest BCUT2D eigenvalue weighted by Crippen LogP contribution is -2.51. The molecular formula is C29H33BrClN3O4S. The van der Waals surface area contributed by atoms with Gasteiger partial charge in [-0.05, 0) is 67.8 Å². The van der Waals surface area contributed by atoms with E-state index in [4.69, 9.17) is 11.6 Å². The molecule has 0 saturated carbocycles. The van der Waals surface area contributed by atoms with Crippen molar-refractivity contribution in [3.05, 3.63) is 93.4 Å². The zero-order valence-electron chi connectivity index (χ0n) is 22.2. The molecule has 0 aromatic heterocycles. The number of anilines is 1. The third-order valence-corrected chi connectivity index (χ3v) is 9.04. The number of unbranched alkanes of at least 4 members (excludes halogenated alkanes) is 1. The molecule has 0 radical (unpaired) electrons. The van der Waals surface area contributed by atoms with Crippen molar-refractivity contribution in [1.82, 2.24) is 10.2 Å². The van der Waals surface area contributed by atoms with Crippen LogP contribution in [0.1, 0.15) is 37.8 Å². The Morgan fingerprint density at radius 3 is 2.31 bits per heavy atom. The maximum absolute atomic E-state index is 13.9. The Morgan fingerprint density at radius 1 is 1.03 bits per heavy atom. The minimum Gasteiger partial charge on any atom is -0.354 e. The molecule has 39 heavy (non-hydrogen) atoms. The summed E-state index contributed by atoms with van der Waals surface area (Å²) in [6.07, 6.45) is 1.73. The van der Waals surface area contributed by atoms with E-state index in [-0.39, 0.29) is 23.0 Å². The molecular weight excluding hydrogens is 602 g/mol. The predicted molar refractivity (Wildman–Crippen MR) is 159 cm³/mol. The number of nitrogens with zero attached hydrogens (tertiary/aromatic N) is 2. The van der Waals surface area contributed by atoms with Crippen LogP contribution >= 0.6 is 27.5 Å². The molecule has 3 aromatic rings. The predicted octanol–water partition coefficient (Wildman–Crippen LogP) is 5.94. The van der Waals surface area contributed by atoms with Crippen LogP contribution in [-0.2, 0) is 26.2 Å². The Bertz CT molecular complexity index is 1390. The van der Waals surface area contributed by atoms with E-state index in [1.807, 2.05) is 38.1 Å². The lowest BCUT2D eigenvalue weighted by atomic mass is 10.1. The molecule has 1 atom stereocenters. The maximum Gasteiger partial charge on any atom is 0.264 e. The van der Waals surface area contributed by atoms with E-state index in [1.165, 1.54) is 23.1 Å². The second kappa shape index (κ2) is 14.0. The fourth-order valence-electron chi connectivity index (χ4n) is 3.89. The van der Waals surface area contributed by atoms with Gasteiger partial charge in [0.15, 0.2) is 0 Å². The maximum atomic E-state index is 13.9. The summed E-state index contributed by atoms with van der Waals surface area (Å²) in [5.74, 6) is -0.822. The summed E-state index contributed by atoms with van der Waals surface area (Å²) in [5, 5.41) is 3.26. The Hall–Kier alpha value is -2.88. The Balaban J connectivity index is 2.00. The zero-order valence-corrected chi connectivity index (χ0v) is 25.4. The van der Waals surface area contributed by atoms with Gasteiger partial charge in [-0.3, -0.25) is 13.9 Å². The molecule has 0 aliphatic rings. The van der Waals surface area contributed by atoms with Crippen molar-refractivity contribution in [2.24, 2.45) is 0 Å². The molecule has 3 aromatic carbocycles. The van der Waals surface area contributed by atoms with Gasteiger partial charge in [0.2, 0.25) is 11.8 Å². The van der Waals surface area contributed by atoms with Gasteiger partial charge in [-0.25, -0.2) is 8.42 Å². The van der Waals surface area contributed by atoms with Crippen LogP contribution in [0.25, 0.3) is 0 Å². The molecule has 10 heteroatoms. The highest BCUT2D eigenvalue weighted by Gasteiger charge is 2.32. The van der Waals surface area contributed by atoms with Gasteiger partial charge in [0.25, 0.3) is 10.0 Å². The van der Waals surface area contributed by atoms with Gasteiger partial charge in [0, 0.05) is 22.6 Å². The topological polar surface area (TPSA) is 86.8 Å². The first kappa shape index (κ1) is 30.7. The summed E-state index contributed by atoms with van der Waals surface area (Å²) in [7, 11) is -4.13. The van der Waals surface area contributed by atoms with Gasteiger partial charge in [-0.2, -0.15) is 0 Å². The second-order valence-corrected chi connectivity index (χ2v) is 12.4. The molecule has 208 valence electrons. The number of halogens is 2. The molecule has 0 heterocycles. The molecule has 3 rings (SSSR count). The van der Waals surface area contributed by atoms with Crippen LogP contribution < -0.4 is 9.62 Å². The molecule has 7 nitrogen and oxygen atoms in total. The van der Waals surface area contributed by atoms with E-state index in [1.54, 1.807) is 37.3 Å². The molecule has 0 saturated heterocycles. The van der Waals surface area contributed by atoms with Gasteiger partial charge < -0.3 is 10.2 Å². The standard InChI is InChI=1S/C29H33BrClN3O4S/c1-4-5-17-32-29(36)22(3)33(19-23-12-14-24(30)15-13-23)28(35)20-34(25-16-11-21(2)27(31)18-25)39(37,38)26-9-7-6-8-10-26/h6-16,18,22H,4-5,17,19-20H2,1-3H3,(H,32,36)/t22-/m0/s1. The van der Waals surface area contributed by atoms with Crippen LogP contribution in [0, 0.1) is 6.92 Å². The average Bonchev–Trinajstić information content (AvgIpc) is 2.93. The number of aryl methyl sites for hydroxylation is 1. The summed E-state index contributed by atoms with van der Waals surface area (Å²) >= 11 is 9.76. The summed E-state index contributed by atoms with van der Waals surface area (Å²) in [4.78, 5) is 28.4. The lowest BCUT2D eigenvalue weighted by molar-refractivity contribution is -0.139. The number of hydrogen-bond acceptors (Lipinski definition) is 4. The van der Waals surface area contributed by atoms with Crippen LogP contribution in [0.5, 0.6) is 0 Å². The quantitative estimate of drug-likeness (QED) is 0.250. The van der Waals surface area contributed by atoms with Crippen molar-refractivity contribution in [2.75, 3.05) is 17.4 Å². The molecule has 0 aliphatic carbocycles. The van der Waals surface area contributed by atoms with Crippen molar-refractivity contribution >= 4 is 55.1 Å². The van der Waals surface area contributed by atoms with Crippen LogP contribution in [0.15, 0.2) is 82.2 Å². The number of rotatable bonds is 12. The van der Waals surface area contributed by atoms with Gasteiger partial charge in [0.05, 0.1) is 10.6 Å². The number of benzene rings is 3. The molecule has 1 N–H and O–H groups in total. The summed E-state index contributed by atoms with van der Waals surface area (Å²) < 4.78 is 29.5. The van der Waals surface area contributed by atoms with Crippen molar-refractivity contribution in [1.29, 1.82) is 0 Å². The minimum atomic E-state index is -4.13. The molecule has 0 spiro atoms. The Labute approximate surface area is 244 Å². The first-order valence-corrected chi connectivity index (χ1v) is 15.3. The Morgan fingerprint density at radius 2 is 1.69 bits per heavy atom. The largest absolute Gasteiger partial charge is 0.354 e. The third-order valence-electron chi connectivity index (χ3n) is 6.32. The summed E-state index contributed by atoms with van der Waals surface area (Å²) in [6, 6.07) is 19.4. The third kappa shape index (κ3) is 8.06. The van der Waals surface area contributed by atoms with Crippen molar-refractivity contribution in [3.63, 3.8) is 0 Å². The van der Waals surface area contributed by atoms with Crippen molar-refractivity contribution in [2.45, 2.75) is 51.1 Å². The first-order valence-electron chi connectivity index (χ1n) is 12.7. The zero-order chi connectivity index (χ0) is 28.6. The SMILES string of the molecule is CCCCNC(=O)[C@H](C)N(Cc1ccc(Br)cc1)C(=O)CN(c1ccc(C)c(Cl)c1)S(=O)(=O)c1ccccc1. The summed E-state index contributed by atoms with van der Waals surface area (Å²) in [5.41, 5.74) is 1.83. The second-order valence-electron chi connectivity index (χ2n) is 9.23. The summed E-state index contributed by atoms with van der Waals surface area (Å²) in [6.45, 7) is 5.60. The fraction of sp³-hybridized carbons (Fsp3) is 0.310. The van der Waals surface area contributed by atoms with E-state index in [9.17, 15) is 18.0 Å². The monoisotopic (exact) mass is 633 g/mol. The van der Waals surface area contributed by atoms with Gasteiger partial charge in [-0.15, -0.1) is 0 Å². The molecule has 0 fully saturated rings. The highest BCUT2D eigenvalue weighted by Crippen LogP contribution is 2.28. The molecule has 0 aliphatic heterocycles. The van der Waals surface area contributed by atoms with E-state index in [0.717, 1.165) is 32.7 Å². The number of sulfonamides is 1. The van der Waals surface area contributed by atoms with Crippen LogP contribution in [0.2, 0.25) is 5.02 Å². The van der Waals surface area contributed by atoms with Gasteiger partial charge in [0.1, 0.15) is 12.6 Å². The number of nitrogens with one attached hydrogen (secondary N) is 1. The van der Waals surface area contributed by atoms with Crippen LogP contribution in [0.3, 0.4) is 0 Å². The smallest absolute Gasteiger partial charge is 0.264 e. The van der Waals surface area contributed by atoms with Crippen molar-refractivity contribution < 1.29 is 18.0 Å².